The molecule has 1 fully saturated rings. The lowest BCUT2D eigenvalue weighted by molar-refractivity contribution is -0.137. The van der Waals surface area contributed by atoms with Crippen molar-refractivity contribution in [2.45, 2.75) is 45.6 Å². The molecule has 0 aromatic rings. The van der Waals surface area contributed by atoms with Crippen LogP contribution in [0.3, 0.4) is 0 Å². The highest BCUT2D eigenvalue weighted by atomic mass is 16.6. The molecule has 0 saturated carbocycles. The van der Waals surface area contributed by atoms with Gasteiger partial charge >= 0.3 is 12.1 Å². The third kappa shape index (κ3) is 5.32. The Morgan fingerprint density at radius 2 is 2.11 bits per heavy atom. The molecule has 1 amide bonds. The van der Waals surface area contributed by atoms with E-state index < -0.39 is 11.6 Å². The van der Waals surface area contributed by atoms with Crippen LogP contribution in [0.4, 0.5) is 4.79 Å². The summed E-state index contributed by atoms with van der Waals surface area (Å²) >= 11 is 0. The van der Waals surface area contributed by atoms with Crippen LogP contribution in [0, 0.1) is 5.92 Å². The number of rotatable bonds is 3. The maximum absolute atomic E-state index is 12.0. The topological polar surface area (TPSA) is 66.8 Å². The van der Waals surface area contributed by atoms with Crippen molar-refractivity contribution in [1.82, 2.24) is 4.90 Å². The fourth-order valence-electron chi connectivity index (χ4n) is 2.05. The Morgan fingerprint density at radius 3 is 2.63 bits per heavy atom. The highest BCUT2D eigenvalue weighted by molar-refractivity contribution is 5.68. The molecule has 1 heterocycles. The molecule has 1 saturated heterocycles. The van der Waals surface area contributed by atoms with Gasteiger partial charge in [0, 0.05) is 19.5 Å². The van der Waals surface area contributed by atoms with Gasteiger partial charge in [0.05, 0.1) is 0 Å². The van der Waals surface area contributed by atoms with Crippen molar-refractivity contribution in [3.8, 4) is 0 Å². The first-order valence-electron chi connectivity index (χ1n) is 6.56. The fourth-order valence-corrected chi connectivity index (χ4v) is 2.05. The Labute approximate surface area is 114 Å². The predicted octanol–water partition coefficient (Wildman–Crippen LogP) is 2.66. The van der Waals surface area contributed by atoms with Crippen LogP contribution in [0.15, 0.2) is 12.2 Å². The molecule has 5 nitrogen and oxygen atoms in total. The molecule has 0 aromatic carbocycles. The van der Waals surface area contributed by atoms with E-state index in [-0.39, 0.29) is 18.4 Å². The molecule has 0 radical (unpaired) electrons. The van der Waals surface area contributed by atoms with E-state index in [2.05, 4.69) is 6.58 Å². The minimum absolute atomic E-state index is 0.0531. The molecular formula is C14H23NO4. The molecular weight excluding hydrogens is 246 g/mol. The van der Waals surface area contributed by atoms with Crippen molar-refractivity contribution in [1.29, 1.82) is 0 Å². The first-order chi connectivity index (χ1) is 8.69. The third-order valence-corrected chi connectivity index (χ3v) is 3.08. The van der Waals surface area contributed by atoms with Crippen molar-refractivity contribution < 1.29 is 19.4 Å². The molecule has 0 aliphatic carbocycles. The second kappa shape index (κ2) is 6.08. The molecule has 1 unspecified atom stereocenters. The van der Waals surface area contributed by atoms with E-state index in [9.17, 15) is 9.59 Å². The number of nitrogens with zero attached hydrogens (tertiary/aromatic N) is 1. The largest absolute Gasteiger partial charge is 0.481 e. The van der Waals surface area contributed by atoms with Crippen molar-refractivity contribution in [3.05, 3.63) is 12.2 Å². The maximum atomic E-state index is 12.0. The number of amides is 1. The summed E-state index contributed by atoms with van der Waals surface area (Å²) in [7, 11) is 0. The van der Waals surface area contributed by atoms with Crippen molar-refractivity contribution in [2.24, 2.45) is 5.92 Å². The molecule has 0 bridgehead atoms. The van der Waals surface area contributed by atoms with Crippen molar-refractivity contribution in [3.63, 3.8) is 0 Å². The van der Waals surface area contributed by atoms with Gasteiger partial charge in [-0.3, -0.25) is 4.79 Å². The highest BCUT2D eigenvalue weighted by Gasteiger charge is 2.29. The average Bonchev–Trinajstić information content (AvgIpc) is 2.25. The molecule has 5 heteroatoms. The van der Waals surface area contributed by atoms with Crippen LogP contribution in [0.5, 0.6) is 0 Å². The number of hydrogen-bond acceptors (Lipinski definition) is 3. The third-order valence-electron chi connectivity index (χ3n) is 3.08. The average molecular weight is 269 g/mol. The monoisotopic (exact) mass is 269 g/mol. The number of hydrogen-bond donors (Lipinski definition) is 1. The van der Waals surface area contributed by atoms with Gasteiger partial charge in [-0.2, -0.15) is 0 Å². The van der Waals surface area contributed by atoms with E-state index in [0.717, 1.165) is 5.57 Å². The lowest BCUT2D eigenvalue weighted by Gasteiger charge is -2.35. The number of carbonyl (C=O) groups excluding carboxylic acids is 1. The Kier molecular flexibility index (Phi) is 4.97. The Morgan fingerprint density at radius 1 is 1.47 bits per heavy atom. The highest BCUT2D eigenvalue weighted by Crippen LogP contribution is 2.26. The Hall–Kier alpha value is -1.52. The molecule has 1 atom stereocenters. The van der Waals surface area contributed by atoms with Gasteiger partial charge in [0.1, 0.15) is 5.60 Å². The van der Waals surface area contributed by atoms with Gasteiger partial charge in [0.15, 0.2) is 0 Å². The van der Waals surface area contributed by atoms with Gasteiger partial charge in [0.2, 0.25) is 0 Å². The molecule has 0 aromatic heterocycles. The molecule has 1 aliphatic rings. The van der Waals surface area contributed by atoms with Crippen molar-refractivity contribution >= 4 is 12.1 Å². The number of aliphatic carboxylic acids is 1. The Bertz CT molecular complexity index is 370. The van der Waals surface area contributed by atoms with Gasteiger partial charge in [-0.25, -0.2) is 4.79 Å². The summed E-state index contributed by atoms with van der Waals surface area (Å²) < 4.78 is 5.33. The normalized spacial score (nSPS) is 20.3. The minimum atomic E-state index is -0.817. The van der Waals surface area contributed by atoms with Crippen molar-refractivity contribution in [2.75, 3.05) is 13.1 Å². The summed E-state index contributed by atoms with van der Waals surface area (Å²) in [6, 6.07) is 0. The van der Waals surface area contributed by atoms with Gasteiger partial charge in [-0.05, 0) is 39.5 Å². The van der Waals surface area contributed by atoms with E-state index in [4.69, 9.17) is 9.84 Å². The lowest BCUT2D eigenvalue weighted by Crippen LogP contribution is -2.43. The van der Waals surface area contributed by atoms with E-state index in [1.807, 2.05) is 20.8 Å². The summed E-state index contributed by atoms with van der Waals surface area (Å²) in [5.74, 6) is -0.764. The maximum Gasteiger partial charge on any atom is 0.410 e. The number of piperidine rings is 1. The number of carbonyl (C=O) groups is 2. The number of ether oxygens (including phenoxy) is 1. The van der Waals surface area contributed by atoms with Crippen LogP contribution in [0.1, 0.15) is 40.0 Å². The van der Waals surface area contributed by atoms with E-state index in [0.29, 0.717) is 25.9 Å². The predicted molar refractivity (Wildman–Crippen MR) is 71.9 cm³/mol. The summed E-state index contributed by atoms with van der Waals surface area (Å²) in [6.45, 7) is 10.6. The molecule has 108 valence electrons. The molecule has 1 N–H and O–H groups in total. The Balaban J connectivity index is 2.56. The second-order valence-electron chi connectivity index (χ2n) is 5.96. The second-order valence-corrected chi connectivity index (χ2v) is 5.96. The zero-order valence-corrected chi connectivity index (χ0v) is 11.9. The molecule has 19 heavy (non-hydrogen) atoms. The SMILES string of the molecule is C=C1CCN(C(=O)OC(C)(C)C)CC1CCC(=O)O. The summed E-state index contributed by atoms with van der Waals surface area (Å²) in [6.07, 6.45) is 1.00. The van der Waals surface area contributed by atoms with Gasteiger partial charge < -0.3 is 14.7 Å². The van der Waals surface area contributed by atoms with Gasteiger partial charge in [-0.1, -0.05) is 12.2 Å². The first kappa shape index (κ1) is 15.5. The molecule has 0 spiro atoms. The summed E-state index contributed by atoms with van der Waals surface area (Å²) in [5, 5.41) is 8.72. The van der Waals surface area contributed by atoms with Gasteiger partial charge in [-0.15, -0.1) is 0 Å². The zero-order valence-electron chi connectivity index (χ0n) is 11.9. The number of carboxylic acids is 1. The molecule has 1 aliphatic heterocycles. The van der Waals surface area contributed by atoms with Crippen LogP contribution in [0.25, 0.3) is 0 Å². The van der Waals surface area contributed by atoms with E-state index in [1.165, 1.54) is 0 Å². The van der Waals surface area contributed by atoms with Gasteiger partial charge in [0.25, 0.3) is 0 Å². The number of carboxylic acid groups (broad SMARTS) is 1. The van der Waals surface area contributed by atoms with Crippen LogP contribution >= 0.6 is 0 Å². The van der Waals surface area contributed by atoms with Crippen LogP contribution in [0.2, 0.25) is 0 Å². The smallest absolute Gasteiger partial charge is 0.410 e. The summed E-state index contributed by atoms with van der Waals surface area (Å²) in [4.78, 5) is 24.2. The summed E-state index contributed by atoms with van der Waals surface area (Å²) in [5.41, 5.74) is 0.517. The minimum Gasteiger partial charge on any atom is -0.481 e. The number of likely N-dealkylation sites (tertiary alicyclic amines) is 1. The lowest BCUT2D eigenvalue weighted by atomic mass is 9.89. The van der Waals surface area contributed by atoms with E-state index in [1.54, 1.807) is 4.90 Å². The first-order valence-corrected chi connectivity index (χ1v) is 6.56. The fraction of sp³-hybridized carbons (Fsp3) is 0.714. The van der Waals surface area contributed by atoms with Crippen LogP contribution < -0.4 is 0 Å². The molecule has 1 rings (SSSR count). The van der Waals surface area contributed by atoms with E-state index >= 15 is 0 Å². The van der Waals surface area contributed by atoms with Crippen LogP contribution in [-0.4, -0.2) is 40.8 Å². The quantitative estimate of drug-likeness (QED) is 0.800. The standard InChI is InChI=1S/C14H23NO4/c1-10-7-8-15(13(18)19-14(2,3)4)9-11(10)5-6-12(16)17/h11H,1,5-9H2,2-4H3,(H,16,17). The zero-order chi connectivity index (χ0) is 14.6. The van der Waals surface area contributed by atoms with Crippen LogP contribution in [-0.2, 0) is 9.53 Å².